The third-order valence-corrected chi connectivity index (χ3v) is 6.65. The number of hydrogen-bond donors (Lipinski definition) is 2. The van der Waals surface area contributed by atoms with Crippen LogP contribution in [-0.4, -0.2) is 73.2 Å². The fraction of sp³-hybridized carbons (Fsp3) is 0.462. The highest BCUT2D eigenvalue weighted by Crippen LogP contribution is 2.29. The molecular weight excluding hydrogens is 416 g/mol. The SMILES string of the molecule is CNC(=O)[C@@H]1C[C@H](Oc2ccccc2)CN1C1CCN(C(=O)NCCc2ccccc2)CC1. The van der Waals surface area contributed by atoms with Gasteiger partial charge in [0, 0.05) is 45.7 Å². The fourth-order valence-corrected chi connectivity index (χ4v) is 4.90. The van der Waals surface area contributed by atoms with Crippen molar-refractivity contribution < 1.29 is 14.3 Å². The van der Waals surface area contributed by atoms with Gasteiger partial charge in [-0.25, -0.2) is 4.79 Å². The summed E-state index contributed by atoms with van der Waals surface area (Å²) >= 11 is 0. The Morgan fingerprint density at radius 1 is 1.00 bits per heavy atom. The van der Waals surface area contributed by atoms with Gasteiger partial charge in [0.1, 0.15) is 11.9 Å². The summed E-state index contributed by atoms with van der Waals surface area (Å²) in [4.78, 5) is 29.4. The standard InChI is InChI=1S/C26H34N4O3/c1-27-25(31)24-18-23(33-22-10-6-3-7-11-22)19-30(24)21-13-16-29(17-14-21)26(32)28-15-12-20-8-4-2-5-9-20/h2-11,21,23-24H,12-19H2,1H3,(H,27,31)(H,28,32)/t23-,24-/m0/s1. The quantitative estimate of drug-likeness (QED) is 0.680. The van der Waals surface area contributed by atoms with Gasteiger partial charge in [0.2, 0.25) is 5.91 Å². The summed E-state index contributed by atoms with van der Waals surface area (Å²) < 4.78 is 6.17. The Hall–Kier alpha value is -3.06. The van der Waals surface area contributed by atoms with Crippen LogP contribution in [0.4, 0.5) is 4.79 Å². The molecule has 3 amide bonds. The minimum atomic E-state index is -0.194. The number of benzene rings is 2. The van der Waals surface area contributed by atoms with Crippen LogP contribution >= 0.6 is 0 Å². The molecule has 2 aromatic carbocycles. The van der Waals surface area contributed by atoms with Crippen LogP contribution in [0, 0.1) is 0 Å². The van der Waals surface area contributed by atoms with Crippen LogP contribution in [-0.2, 0) is 11.2 Å². The van der Waals surface area contributed by atoms with Crippen LogP contribution in [0.5, 0.6) is 5.75 Å². The maximum absolute atomic E-state index is 12.6. The average Bonchev–Trinajstić information content (AvgIpc) is 3.28. The molecule has 2 atom stereocenters. The van der Waals surface area contributed by atoms with E-state index in [1.165, 1.54) is 5.56 Å². The number of hydrogen-bond acceptors (Lipinski definition) is 4. The van der Waals surface area contributed by atoms with Crippen LogP contribution in [0.1, 0.15) is 24.8 Å². The van der Waals surface area contributed by atoms with Crippen molar-refractivity contribution in [2.24, 2.45) is 0 Å². The molecule has 7 heteroatoms. The number of rotatable bonds is 7. The van der Waals surface area contributed by atoms with Gasteiger partial charge in [0.05, 0.1) is 6.04 Å². The highest BCUT2D eigenvalue weighted by atomic mass is 16.5. The van der Waals surface area contributed by atoms with Gasteiger partial charge in [-0.3, -0.25) is 9.69 Å². The zero-order valence-corrected chi connectivity index (χ0v) is 19.3. The lowest BCUT2D eigenvalue weighted by Crippen LogP contribution is -2.53. The second-order valence-corrected chi connectivity index (χ2v) is 8.80. The van der Waals surface area contributed by atoms with E-state index in [1.54, 1.807) is 7.05 Å². The van der Waals surface area contributed by atoms with Crippen molar-refractivity contribution in [2.75, 3.05) is 33.2 Å². The molecule has 2 aliphatic rings. The third kappa shape index (κ3) is 6.05. The number of nitrogens with zero attached hydrogens (tertiary/aromatic N) is 2. The second kappa shape index (κ2) is 11.2. The zero-order valence-electron chi connectivity index (χ0n) is 19.3. The van der Waals surface area contributed by atoms with Crippen molar-refractivity contribution in [3.8, 4) is 5.75 Å². The van der Waals surface area contributed by atoms with Gasteiger partial charge in [0.25, 0.3) is 0 Å². The molecule has 33 heavy (non-hydrogen) atoms. The summed E-state index contributed by atoms with van der Waals surface area (Å²) in [6.07, 6.45) is 3.20. The van der Waals surface area contributed by atoms with Crippen LogP contribution in [0.2, 0.25) is 0 Å². The number of carbonyl (C=O) groups is 2. The van der Waals surface area contributed by atoms with E-state index in [9.17, 15) is 9.59 Å². The smallest absolute Gasteiger partial charge is 0.317 e. The molecule has 0 spiro atoms. The molecule has 0 aliphatic carbocycles. The number of urea groups is 1. The first kappa shape index (κ1) is 23.1. The number of likely N-dealkylation sites (tertiary alicyclic amines) is 2. The lowest BCUT2D eigenvalue weighted by atomic mass is 10.0. The summed E-state index contributed by atoms with van der Waals surface area (Å²) in [6, 6.07) is 20.0. The van der Waals surface area contributed by atoms with E-state index in [0.29, 0.717) is 26.1 Å². The van der Waals surface area contributed by atoms with Crippen molar-refractivity contribution in [2.45, 2.75) is 43.9 Å². The largest absolute Gasteiger partial charge is 0.489 e. The second-order valence-electron chi connectivity index (χ2n) is 8.80. The van der Waals surface area contributed by atoms with E-state index < -0.39 is 0 Å². The molecule has 176 valence electrons. The number of amides is 3. The van der Waals surface area contributed by atoms with Gasteiger partial charge < -0.3 is 20.3 Å². The fourth-order valence-electron chi connectivity index (χ4n) is 4.90. The topological polar surface area (TPSA) is 73.9 Å². The summed E-state index contributed by atoms with van der Waals surface area (Å²) in [6.45, 7) is 2.75. The maximum Gasteiger partial charge on any atom is 0.317 e. The predicted molar refractivity (Wildman–Crippen MR) is 128 cm³/mol. The first-order valence-corrected chi connectivity index (χ1v) is 11.9. The number of piperidine rings is 1. The zero-order chi connectivity index (χ0) is 23.0. The van der Waals surface area contributed by atoms with Crippen molar-refractivity contribution in [1.29, 1.82) is 0 Å². The summed E-state index contributed by atoms with van der Waals surface area (Å²) in [5.74, 6) is 0.872. The van der Waals surface area contributed by atoms with E-state index in [-0.39, 0.29) is 30.1 Å². The number of ether oxygens (including phenoxy) is 1. The Balaban J connectivity index is 1.27. The van der Waals surface area contributed by atoms with E-state index >= 15 is 0 Å². The van der Waals surface area contributed by atoms with Crippen molar-refractivity contribution in [1.82, 2.24) is 20.4 Å². The summed E-state index contributed by atoms with van der Waals surface area (Å²) in [7, 11) is 1.69. The third-order valence-electron chi connectivity index (χ3n) is 6.65. The molecule has 0 bridgehead atoms. The normalized spacial score (nSPS) is 21.5. The van der Waals surface area contributed by atoms with Crippen molar-refractivity contribution in [3.63, 3.8) is 0 Å². The lowest BCUT2D eigenvalue weighted by Gasteiger charge is -2.38. The van der Waals surface area contributed by atoms with Gasteiger partial charge in [-0.05, 0) is 37.0 Å². The first-order chi connectivity index (χ1) is 16.1. The Labute approximate surface area is 196 Å². The Kier molecular flexibility index (Phi) is 7.83. The number of likely N-dealkylation sites (N-methyl/N-ethyl adjacent to an activating group) is 1. The molecule has 2 aliphatic heterocycles. The molecule has 4 rings (SSSR count). The summed E-state index contributed by atoms with van der Waals surface area (Å²) in [5.41, 5.74) is 1.22. The predicted octanol–water partition coefficient (Wildman–Crippen LogP) is 2.67. The van der Waals surface area contributed by atoms with Gasteiger partial charge in [-0.15, -0.1) is 0 Å². The van der Waals surface area contributed by atoms with E-state index in [0.717, 1.165) is 31.6 Å². The molecule has 2 N–H and O–H groups in total. The number of nitrogens with one attached hydrogen (secondary N) is 2. The minimum Gasteiger partial charge on any atom is -0.489 e. The Morgan fingerprint density at radius 2 is 1.67 bits per heavy atom. The molecule has 2 aromatic rings. The molecule has 0 radical (unpaired) electrons. The van der Waals surface area contributed by atoms with Crippen LogP contribution in [0.25, 0.3) is 0 Å². The van der Waals surface area contributed by atoms with Gasteiger partial charge in [-0.1, -0.05) is 48.5 Å². The number of carbonyl (C=O) groups excluding carboxylic acids is 2. The van der Waals surface area contributed by atoms with E-state index in [2.05, 4.69) is 27.7 Å². The molecular formula is C26H34N4O3. The molecule has 0 saturated carbocycles. The Bertz CT molecular complexity index is 900. The first-order valence-electron chi connectivity index (χ1n) is 11.9. The Morgan fingerprint density at radius 3 is 2.33 bits per heavy atom. The number of para-hydroxylation sites is 1. The molecule has 7 nitrogen and oxygen atoms in total. The molecule has 0 unspecified atom stereocenters. The maximum atomic E-state index is 12.6. The minimum absolute atomic E-state index is 0.000980. The van der Waals surface area contributed by atoms with E-state index in [4.69, 9.17) is 4.74 Å². The van der Waals surface area contributed by atoms with Crippen LogP contribution < -0.4 is 15.4 Å². The van der Waals surface area contributed by atoms with Gasteiger partial charge >= 0.3 is 6.03 Å². The molecule has 0 aromatic heterocycles. The van der Waals surface area contributed by atoms with Gasteiger partial charge in [0.15, 0.2) is 0 Å². The lowest BCUT2D eigenvalue weighted by molar-refractivity contribution is -0.126. The molecule has 2 heterocycles. The molecule has 2 fully saturated rings. The highest BCUT2D eigenvalue weighted by Gasteiger charge is 2.42. The van der Waals surface area contributed by atoms with Crippen LogP contribution in [0.15, 0.2) is 60.7 Å². The van der Waals surface area contributed by atoms with Crippen LogP contribution in [0.3, 0.4) is 0 Å². The van der Waals surface area contributed by atoms with Crippen molar-refractivity contribution >= 4 is 11.9 Å². The molecule has 2 saturated heterocycles. The van der Waals surface area contributed by atoms with Gasteiger partial charge in [-0.2, -0.15) is 0 Å². The summed E-state index contributed by atoms with van der Waals surface area (Å²) in [5, 5.41) is 5.86. The monoisotopic (exact) mass is 450 g/mol. The average molecular weight is 451 g/mol. The van der Waals surface area contributed by atoms with Crippen molar-refractivity contribution in [3.05, 3.63) is 66.2 Å². The highest BCUT2D eigenvalue weighted by molar-refractivity contribution is 5.82. The van der Waals surface area contributed by atoms with E-state index in [1.807, 2.05) is 53.4 Å².